The lowest BCUT2D eigenvalue weighted by atomic mass is 10.1. The predicted molar refractivity (Wildman–Crippen MR) is 45.9 cm³/mol. The van der Waals surface area contributed by atoms with Crippen molar-refractivity contribution in [3.8, 4) is 0 Å². The Labute approximate surface area is 81.1 Å². The van der Waals surface area contributed by atoms with Crippen molar-refractivity contribution in [2.24, 2.45) is 0 Å². The second kappa shape index (κ2) is 4.77. The highest BCUT2D eigenvalue weighted by Gasteiger charge is 2.34. The van der Waals surface area contributed by atoms with Crippen LogP contribution in [0.1, 0.15) is 25.7 Å². The average molecular weight is 209 g/mol. The van der Waals surface area contributed by atoms with Crippen LogP contribution in [0, 0.1) is 0 Å². The lowest BCUT2D eigenvalue weighted by Crippen LogP contribution is -2.42. The maximum Gasteiger partial charge on any atom is 0.401 e. The predicted octanol–water partition coefficient (Wildman–Crippen LogP) is 1.99. The summed E-state index contributed by atoms with van der Waals surface area (Å²) in [5, 5.41) is 0. The zero-order valence-corrected chi connectivity index (χ0v) is 7.89. The van der Waals surface area contributed by atoms with Crippen LogP contribution in [0.15, 0.2) is 0 Å². The first-order valence-electron chi connectivity index (χ1n) is 4.79. The van der Waals surface area contributed by atoms with Crippen molar-refractivity contribution in [2.45, 2.75) is 37.9 Å². The van der Waals surface area contributed by atoms with Crippen molar-refractivity contribution in [2.75, 3.05) is 13.1 Å². The van der Waals surface area contributed by atoms with Gasteiger partial charge in [0.1, 0.15) is 6.29 Å². The monoisotopic (exact) mass is 209 g/mol. The number of aldehydes is 1. The van der Waals surface area contributed by atoms with Crippen LogP contribution in [0.4, 0.5) is 13.2 Å². The van der Waals surface area contributed by atoms with Gasteiger partial charge in [-0.3, -0.25) is 4.90 Å². The van der Waals surface area contributed by atoms with Crippen LogP contribution in [0.5, 0.6) is 0 Å². The zero-order chi connectivity index (χ0) is 10.6. The van der Waals surface area contributed by atoms with Crippen molar-refractivity contribution in [3.05, 3.63) is 0 Å². The molecule has 2 nitrogen and oxygen atoms in total. The molecule has 82 valence electrons. The van der Waals surface area contributed by atoms with Crippen LogP contribution >= 0.6 is 0 Å². The molecule has 1 aliphatic rings. The van der Waals surface area contributed by atoms with Crippen molar-refractivity contribution in [3.63, 3.8) is 0 Å². The fourth-order valence-corrected chi connectivity index (χ4v) is 1.77. The van der Waals surface area contributed by atoms with Gasteiger partial charge in [-0.15, -0.1) is 0 Å². The maximum absolute atomic E-state index is 12.1. The normalized spacial score (nSPS) is 25.8. The Hall–Kier alpha value is -0.580. The van der Waals surface area contributed by atoms with E-state index in [4.69, 9.17) is 0 Å². The molecule has 0 aromatic rings. The van der Waals surface area contributed by atoms with Gasteiger partial charge in [-0.25, -0.2) is 0 Å². The van der Waals surface area contributed by atoms with Gasteiger partial charge in [0.2, 0.25) is 0 Å². The number of likely N-dealkylation sites (tertiary alicyclic amines) is 1. The number of hydrogen-bond donors (Lipinski definition) is 0. The Balaban J connectivity index is 2.56. The molecule has 1 fully saturated rings. The largest absolute Gasteiger partial charge is 0.401 e. The van der Waals surface area contributed by atoms with Gasteiger partial charge in [-0.1, -0.05) is 12.8 Å². The fraction of sp³-hybridized carbons (Fsp3) is 0.889. The molecule has 5 heteroatoms. The second-order valence-corrected chi connectivity index (χ2v) is 3.64. The topological polar surface area (TPSA) is 20.3 Å². The summed E-state index contributed by atoms with van der Waals surface area (Å²) in [5.74, 6) is 0. The molecule has 0 aromatic heterocycles. The highest BCUT2D eigenvalue weighted by atomic mass is 19.4. The minimum Gasteiger partial charge on any atom is -0.302 e. The van der Waals surface area contributed by atoms with Gasteiger partial charge in [-0.2, -0.15) is 13.2 Å². The molecule has 0 aliphatic carbocycles. The van der Waals surface area contributed by atoms with Gasteiger partial charge in [-0.05, 0) is 19.4 Å². The van der Waals surface area contributed by atoms with E-state index in [2.05, 4.69) is 0 Å². The highest BCUT2D eigenvalue weighted by Crippen LogP contribution is 2.22. The first-order chi connectivity index (χ1) is 6.53. The molecule has 1 atom stereocenters. The lowest BCUT2D eigenvalue weighted by molar-refractivity contribution is -0.151. The van der Waals surface area contributed by atoms with Crippen LogP contribution < -0.4 is 0 Å². The molecule has 0 bridgehead atoms. The van der Waals surface area contributed by atoms with Gasteiger partial charge >= 0.3 is 6.18 Å². The van der Waals surface area contributed by atoms with E-state index in [-0.39, 0.29) is 0 Å². The molecule has 0 saturated carbocycles. The number of nitrogens with zero attached hydrogens (tertiary/aromatic N) is 1. The minimum atomic E-state index is -4.20. The molecule has 1 unspecified atom stereocenters. The molecule has 0 spiro atoms. The first-order valence-corrected chi connectivity index (χ1v) is 4.79. The van der Waals surface area contributed by atoms with Gasteiger partial charge in [0, 0.05) is 0 Å². The van der Waals surface area contributed by atoms with E-state index in [0.717, 1.165) is 19.3 Å². The number of alkyl halides is 3. The van der Waals surface area contributed by atoms with E-state index in [9.17, 15) is 18.0 Å². The highest BCUT2D eigenvalue weighted by molar-refractivity contribution is 5.57. The SMILES string of the molecule is O=CC1CCCCCN1CC(F)(F)F. The van der Waals surface area contributed by atoms with Crippen LogP contribution in [-0.4, -0.2) is 36.5 Å². The first kappa shape index (κ1) is 11.5. The van der Waals surface area contributed by atoms with Gasteiger partial charge in [0.15, 0.2) is 0 Å². The fourth-order valence-electron chi connectivity index (χ4n) is 1.77. The Morgan fingerprint density at radius 2 is 2.00 bits per heavy atom. The molecule has 1 saturated heterocycles. The van der Waals surface area contributed by atoms with Crippen molar-refractivity contribution >= 4 is 6.29 Å². The van der Waals surface area contributed by atoms with Crippen molar-refractivity contribution < 1.29 is 18.0 Å². The smallest absolute Gasteiger partial charge is 0.302 e. The third kappa shape index (κ3) is 3.65. The van der Waals surface area contributed by atoms with E-state index < -0.39 is 18.8 Å². The average Bonchev–Trinajstić information content (AvgIpc) is 2.27. The van der Waals surface area contributed by atoms with Crippen LogP contribution in [0.2, 0.25) is 0 Å². The van der Waals surface area contributed by atoms with E-state index in [1.54, 1.807) is 0 Å². The number of hydrogen-bond acceptors (Lipinski definition) is 2. The number of carbonyl (C=O) groups excluding carboxylic acids is 1. The molecular formula is C9H14F3NO. The Kier molecular flexibility index (Phi) is 3.92. The summed E-state index contributed by atoms with van der Waals surface area (Å²) < 4.78 is 36.4. The number of halogens is 3. The number of carbonyl (C=O) groups is 1. The summed E-state index contributed by atoms with van der Waals surface area (Å²) in [6, 6.07) is -0.542. The molecule has 0 aromatic carbocycles. The van der Waals surface area contributed by atoms with Gasteiger partial charge in [0.25, 0.3) is 0 Å². The van der Waals surface area contributed by atoms with Crippen LogP contribution in [0.3, 0.4) is 0 Å². The molecule has 0 N–H and O–H groups in total. The summed E-state index contributed by atoms with van der Waals surface area (Å²) in [7, 11) is 0. The quantitative estimate of drug-likeness (QED) is 0.648. The molecule has 1 rings (SSSR count). The van der Waals surface area contributed by atoms with Gasteiger partial charge in [0.05, 0.1) is 12.6 Å². The van der Waals surface area contributed by atoms with E-state index >= 15 is 0 Å². The van der Waals surface area contributed by atoms with E-state index in [0.29, 0.717) is 19.3 Å². The second-order valence-electron chi connectivity index (χ2n) is 3.64. The van der Waals surface area contributed by atoms with Crippen molar-refractivity contribution in [1.29, 1.82) is 0 Å². The molecular weight excluding hydrogens is 195 g/mol. The van der Waals surface area contributed by atoms with Crippen LogP contribution in [0.25, 0.3) is 0 Å². The molecule has 1 heterocycles. The maximum atomic E-state index is 12.1. The van der Waals surface area contributed by atoms with Crippen LogP contribution in [-0.2, 0) is 4.79 Å². The molecule has 14 heavy (non-hydrogen) atoms. The van der Waals surface area contributed by atoms with Crippen molar-refractivity contribution in [1.82, 2.24) is 4.90 Å². The third-order valence-electron chi connectivity index (χ3n) is 2.45. The zero-order valence-electron chi connectivity index (χ0n) is 7.89. The molecule has 0 radical (unpaired) electrons. The third-order valence-corrected chi connectivity index (χ3v) is 2.45. The summed E-state index contributed by atoms with van der Waals surface area (Å²) in [6.45, 7) is -0.584. The standard InChI is InChI=1S/C9H14F3NO/c10-9(11,12)7-13-5-3-1-2-4-8(13)6-14/h6,8H,1-5,7H2. The summed E-state index contributed by atoms with van der Waals surface area (Å²) >= 11 is 0. The van der Waals surface area contributed by atoms with Gasteiger partial charge < -0.3 is 4.79 Å². The summed E-state index contributed by atoms with van der Waals surface area (Å²) in [6.07, 6.45) is -0.501. The Morgan fingerprint density at radius 3 is 2.57 bits per heavy atom. The minimum absolute atomic E-state index is 0.378. The lowest BCUT2D eigenvalue weighted by Gasteiger charge is -2.26. The summed E-state index contributed by atoms with van der Waals surface area (Å²) in [5.41, 5.74) is 0. The Bertz CT molecular complexity index is 193. The molecule has 1 aliphatic heterocycles. The van der Waals surface area contributed by atoms with E-state index in [1.165, 1.54) is 4.90 Å². The number of rotatable bonds is 2. The molecule has 0 amide bonds. The Morgan fingerprint density at radius 1 is 1.29 bits per heavy atom. The van der Waals surface area contributed by atoms with E-state index in [1.807, 2.05) is 0 Å². The summed E-state index contributed by atoms with van der Waals surface area (Å²) in [4.78, 5) is 11.8.